The summed E-state index contributed by atoms with van der Waals surface area (Å²) in [7, 11) is 0. The number of hydrogen-bond donors (Lipinski definition) is 4. The lowest BCUT2D eigenvalue weighted by Crippen LogP contribution is -2.50. The predicted molar refractivity (Wildman–Crippen MR) is 94.0 cm³/mol. The maximum Gasteiger partial charge on any atom is 0.260 e. The summed E-state index contributed by atoms with van der Waals surface area (Å²) in [4.78, 5) is 25.8. The van der Waals surface area contributed by atoms with Crippen LogP contribution in [-0.4, -0.2) is 27.7 Å². The second-order valence-electron chi connectivity index (χ2n) is 6.27. The van der Waals surface area contributed by atoms with E-state index in [2.05, 4.69) is 22.5 Å². The lowest BCUT2D eigenvalue weighted by molar-refractivity contribution is -0.103. The van der Waals surface area contributed by atoms with Crippen LogP contribution in [0.2, 0.25) is 0 Å². The first-order chi connectivity index (χ1) is 11.8. The second kappa shape index (κ2) is 6.45. The minimum Gasteiger partial charge on any atom is -0.485 e. The molecule has 0 radical (unpaired) electrons. The number of H-pyrrole nitrogens is 1. The van der Waals surface area contributed by atoms with E-state index in [4.69, 9.17) is 9.47 Å². The van der Waals surface area contributed by atoms with Crippen LogP contribution in [0.4, 0.5) is 0 Å². The van der Waals surface area contributed by atoms with Gasteiger partial charge in [-0.1, -0.05) is 12.8 Å². The van der Waals surface area contributed by atoms with E-state index in [0.717, 1.165) is 0 Å². The van der Waals surface area contributed by atoms with E-state index >= 15 is 0 Å². The van der Waals surface area contributed by atoms with Crippen molar-refractivity contribution < 1.29 is 19.4 Å². The van der Waals surface area contributed by atoms with Gasteiger partial charge < -0.3 is 19.6 Å². The number of aliphatic hydroxyl groups excluding tert-OH is 1. The molecular formula is C17H18N2O5S. The Bertz CT molecular complexity index is 864. The maximum absolute atomic E-state index is 11.8. The SMILES string of the molecule is CC1(C)Oc2ccc(C(=O)NS)cc2C(Oc2cc[nH]c(=O)c2)C1O. The van der Waals surface area contributed by atoms with Gasteiger partial charge >= 0.3 is 0 Å². The number of fused-ring (bicyclic) bond motifs is 1. The van der Waals surface area contributed by atoms with Crippen LogP contribution in [0.3, 0.4) is 0 Å². The summed E-state index contributed by atoms with van der Waals surface area (Å²) >= 11 is 3.76. The molecule has 2 aromatic rings. The number of aromatic amines is 1. The number of ether oxygens (including phenoxy) is 2. The molecule has 8 heteroatoms. The monoisotopic (exact) mass is 362 g/mol. The minimum atomic E-state index is -1.02. The molecule has 1 aromatic heterocycles. The summed E-state index contributed by atoms with van der Waals surface area (Å²) in [6, 6.07) is 7.70. The highest BCUT2D eigenvalue weighted by molar-refractivity contribution is 7.78. The molecular weight excluding hydrogens is 344 g/mol. The van der Waals surface area contributed by atoms with Crippen LogP contribution < -0.4 is 19.8 Å². The largest absolute Gasteiger partial charge is 0.485 e. The Balaban J connectivity index is 2.06. The molecule has 2 heterocycles. The third-order valence-corrected chi connectivity index (χ3v) is 4.26. The standard InChI is InChI=1S/C17H18N2O5S/c1-17(2)15(21)14(23-10-5-6-18-13(20)8-10)11-7-9(16(22)19-25)3-4-12(11)24-17/h3-8,14-15,21,25H,1-2H3,(H,18,20)(H,19,22). The summed E-state index contributed by atoms with van der Waals surface area (Å²) in [6.45, 7) is 3.48. The molecule has 0 saturated carbocycles. The van der Waals surface area contributed by atoms with Crippen LogP contribution >= 0.6 is 12.8 Å². The van der Waals surface area contributed by atoms with Gasteiger partial charge in [-0.05, 0) is 38.1 Å². The van der Waals surface area contributed by atoms with Crippen LogP contribution in [0.15, 0.2) is 41.3 Å². The molecule has 1 aromatic carbocycles. The number of carbonyl (C=O) groups is 1. The molecule has 2 atom stereocenters. The van der Waals surface area contributed by atoms with Crippen LogP contribution in [-0.2, 0) is 0 Å². The van der Waals surface area contributed by atoms with Crippen molar-refractivity contribution in [1.29, 1.82) is 0 Å². The number of aliphatic hydroxyl groups is 1. The first kappa shape index (κ1) is 17.4. The van der Waals surface area contributed by atoms with Crippen molar-refractivity contribution in [2.24, 2.45) is 0 Å². The zero-order valence-electron chi connectivity index (χ0n) is 13.6. The second-order valence-corrected chi connectivity index (χ2v) is 6.49. The van der Waals surface area contributed by atoms with Gasteiger partial charge in [0.05, 0.1) is 0 Å². The van der Waals surface area contributed by atoms with Gasteiger partial charge in [-0.15, -0.1) is 0 Å². The summed E-state index contributed by atoms with van der Waals surface area (Å²) < 4.78 is 14.0. The van der Waals surface area contributed by atoms with Crippen LogP contribution in [0, 0.1) is 0 Å². The number of benzene rings is 1. The number of carbonyl (C=O) groups excluding carboxylic acids is 1. The lowest BCUT2D eigenvalue weighted by Gasteiger charge is -2.41. The number of amides is 1. The van der Waals surface area contributed by atoms with Gasteiger partial charge in [0.25, 0.3) is 11.5 Å². The van der Waals surface area contributed by atoms with E-state index in [-0.39, 0.29) is 11.5 Å². The molecule has 132 valence electrons. The van der Waals surface area contributed by atoms with Gasteiger partial charge in [-0.3, -0.25) is 14.3 Å². The van der Waals surface area contributed by atoms with Gasteiger partial charge in [0.2, 0.25) is 0 Å². The topological polar surface area (TPSA) is 101 Å². The third kappa shape index (κ3) is 3.35. The Morgan fingerprint density at radius 2 is 2.12 bits per heavy atom. The summed E-state index contributed by atoms with van der Waals surface area (Å²) in [5, 5.41) is 10.7. The van der Waals surface area contributed by atoms with E-state index in [9.17, 15) is 14.7 Å². The van der Waals surface area contributed by atoms with Gasteiger partial charge in [-0.25, -0.2) is 0 Å². The zero-order chi connectivity index (χ0) is 18.2. The molecule has 7 nitrogen and oxygen atoms in total. The zero-order valence-corrected chi connectivity index (χ0v) is 14.5. The number of hydrogen-bond acceptors (Lipinski definition) is 6. The van der Waals surface area contributed by atoms with Crippen molar-refractivity contribution in [3.8, 4) is 11.5 Å². The van der Waals surface area contributed by atoms with Crippen molar-refractivity contribution in [3.63, 3.8) is 0 Å². The summed E-state index contributed by atoms with van der Waals surface area (Å²) in [6.07, 6.45) is -0.373. The van der Waals surface area contributed by atoms with Gasteiger partial charge in [0, 0.05) is 23.4 Å². The summed E-state index contributed by atoms with van der Waals surface area (Å²) in [5.74, 6) is 0.418. The van der Waals surface area contributed by atoms with Gasteiger partial charge in [0.15, 0.2) is 6.10 Å². The third-order valence-electron chi connectivity index (χ3n) is 4.06. The predicted octanol–water partition coefficient (Wildman–Crippen LogP) is 1.60. The van der Waals surface area contributed by atoms with Crippen LogP contribution in [0.1, 0.15) is 35.9 Å². The Kier molecular flexibility index (Phi) is 4.49. The van der Waals surface area contributed by atoms with E-state index in [1.807, 2.05) is 0 Å². The normalized spacial score (nSPS) is 21.0. The number of nitrogens with one attached hydrogen (secondary N) is 2. The Hall–Kier alpha value is -2.45. The highest BCUT2D eigenvalue weighted by Gasteiger charge is 2.44. The molecule has 2 unspecified atom stereocenters. The Morgan fingerprint density at radius 1 is 1.36 bits per heavy atom. The van der Waals surface area contributed by atoms with Crippen molar-refractivity contribution in [1.82, 2.24) is 9.71 Å². The van der Waals surface area contributed by atoms with E-state index < -0.39 is 17.8 Å². The quantitative estimate of drug-likeness (QED) is 0.622. The van der Waals surface area contributed by atoms with Crippen molar-refractivity contribution >= 4 is 18.7 Å². The van der Waals surface area contributed by atoms with E-state index in [1.54, 1.807) is 38.1 Å². The minimum absolute atomic E-state index is 0.306. The van der Waals surface area contributed by atoms with Gasteiger partial charge in [0.1, 0.15) is 23.2 Å². The molecule has 3 rings (SSSR count). The van der Waals surface area contributed by atoms with Crippen LogP contribution in [0.25, 0.3) is 0 Å². The summed E-state index contributed by atoms with van der Waals surface area (Å²) in [5.41, 5.74) is -0.362. The molecule has 1 aliphatic heterocycles. The lowest BCUT2D eigenvalue weighted by atomic mass is 9.87. The Morgan fingerprint density at radius 3 is 2.80 bits per heavy atom. The molecule has 0 aliphatic carbocycles. The smallest absolute Gasteiger partial charge is 0.260 e. The molecule has 0 spiro atoms. The molecule has 0 saturated heterocycles. The number of aromatic nitrogens is 1. The average Bonchev–Trinajstić information content (AvgIpc) is 2.58. The fourth-order valence-corrected chi connectivity index (χ4v) is 2.85. The molecule has 1 amide bonds. The van der Waals surface area contributed by atoms with Crippen molar-refractivity contribution in [3.05, 3.63) is 58.0 Å². The molecule has 3 N–H and O–H groups in total. The first-order valence-corrected chi connectivity index (χ1v) is 8.07. The fourth-order valence-electron chi connectivity index (χ4n) is 2.72. The molecule has 25 heavy (non-hydrogen) atoms. The number of pyridine rings is 1. The van der Waals surface area contributed by atoms with Gasteiger partial charge in [-0.2, -0.15) is 0 Å². The highest BCUT2D eigenvalue weighted by Crippen LogP contribution is 2.42. The molecule has 0 fully saturated rings. The number of rotatable bonds is 3. The Labute approximate surface area is 149 Å². The van der Waals surface area contributed by atoms with E-state index in [0.29, 0.717) is 22.6 Å². The van der Waals surface area contributed by atoms with E-state index in [1.165, 1.54) is 12.3 Å². The van der Waals surface area contributed by atoms with Crippen molar-refractivity contribution in [2.75, 3.05) is 0 Å². The number of thiol groups is 1. The fraction of sp³-hybridized carbons (Fsp3) is 0.294. The average molecular weight is 362 g/mol. The highest BCUT2D eigenvalue weighted by atomic mass is 32.1. The molecule has 0 bridgehead atoms. The maximum atomic E-state index is 11.8. The first-order valence-electron chi connectivity index (χ1n) is 7.62. The van der Waals surface area contributed by atoms with Crippen molar-refractivity contribution in [2.45, 2.75) is 31.7 Å². The van der Waals surface area contributed by atoms with Crippen LogP contribution in [0.5, 0.6) is 11.5 Å². The molecule has 1 aliphatic rings.